The van der Waals surface area contributed by atoms with Crippen LogP contribution in [0.15, 0.2) is 28.8 Å². The van der Waals surface area contributed by atoms with E-state index in [1.807, 2.05) is 0 Å². The minimum Gasteiger partial charge on any atom is -0.497 e. The number of nitrogens with zero attached hydrogens (tertiary/aromatic N) is 1. The number of nitrogens with one attached hydrogen (secondary N) is 1. The quantitative estimate of drug-likeness (QED) is 0.860. The van der Waals surface area contributed by atoms with Crippen molar-refractivity contribution in [3.8, 4) is 5.75 Å². The molecule has 1 aromatic heterocycles. The lowest BCUT2D eigenvalue weighted by atomic mass is 10.1. The number of rotatable bonds is 5. The molecule has 0 aliphatic rings. The Morgan fingerprint density at radius 1 is 1.53 bits per heavy atom. The number of hydrogen-bond donors (Lipinski definition) is 2. The molecule has 19 heavy (non-hydrogen) atoms. The summed E-state index contributed by atoms with van der Waals surface area (Å²) in [5.41, 5.74) is 0.631. The molecular formula is C13H14N2O4. The Labute approximate surface area is 110 Å². The van der Waals surface area contributed by atoms with Crippen LogP contribution in [-0.4, -0.2) is 23.2 Å². The van der Waals surface area contributed by atoms with E-state index in [4.69, 9.17) is 14.3 Å². The highest BCUT2D eigenvalue weighted by atomic mass is 16.5. The van der Waals surface area contributed by atoms with Gasteiger partial charge in [0.2, 0.25) is 5.89 Å². The van der Waals surface area contributed by atoms with Crippen molar-refractivity contribution < 1.29 is 19.1 Å². The summed E-state index contributed by atoms with van der Waals surface area (Å²) in [5, 5.41) is 12.1. The number of oxazole rings is 1. The molecular weight excluding hydrogens is 248 g/mol. The first-order chi connectivity index (χ1) is 9.10. The first kappa shape index (κ1) is 12.9. The minimum absolute atomic E-state index is 0.170. The number of benzene rings is 1. The SMILES string of the molecule is COc1ccc(C(=O)O)c(NCc2ncc(C)o2)c1. The van der Waals surface area contributed by atoms with Gasteiger partial charge in [-0.3, -0.25) is 0 Å². The average molecular weight is 262 g/mol. The second-order valence-electron chi connectivity index (χ2n) is 3.93. The van der Waals surface area contributed by atoms with Gasteiger partial charge in [0.25, 0.3) is 0 Å². The number of aromatic carboxylic acids is 1. The minimum atomic E-state index is -1.01. The Bertz CT molecular complexity index is 592. The molecule has 0 unspecified atom stereocenters. The van der Waals surface area contributed by atoms with E-state index in [1.165, 1.54) is 13.2 Å². The van der Waals surface area contributed by atoms with Gasteiger partial charge in [-0.05, 0) is 19.1 Å². The zero-order valence-corrected chi connectivity index (χ0v) is 10.6. The van der Waals surface area contributed by atoms with Crippen molar-refractivity contribution in [3.05, 3.63) is 41.6 Å². The number of anilines is 1. The summed E-state index contributed by atoms with van der Waals surface area (Å²) < 4.78 is 10.4. The van der Waals surface area contributed by atoms with Crippen molar-refractivity contribution >= 4 is 11.7 Å². The summed E-state index contributed by atoms with van der Waals surface area (Å²) in [6.45, 7) is 2.10. The Kier molecular flexibility index (Phi) is 3.70. The standard InChI is InChI=1S/C13H14N2O4/c1-8-6-15-12(19-8)7-14-11-5-9(18-2)3-4-10(11)13(16)17/h3-6,14H,7H2,1-2H3,(H,16,17). The van der Waals surface area contributed by atoms with Crippen LogP contribution in [0.5, 0.6) is 5.75 Å². The van der Waals surface area contributed by atoms with Crippen LogP contribution in [0.2, 0.25) is 0 Å². The second kappa shape index (κ2) is 5.43. The van der Waals surface area contributed by atoms with Crippen molar-refractivity contribution in [3.63, 3.8) is 0 Å². The molecule has 0 atom stereocenters. The fraction of sp³-hybridized carbons (Fsp3) is 0.231. The van der Waals surface area contributed by atoms with Crippen molar-refractivity contribution in [1.29, 1.82) is 0 Å². The van der Waals surface area contributed by atoms with Gasteiger partial charge < -0.3 is 19.6 Å². The van der Waals surface area contributed by atoms with Gasteiger partial charge in [0, 0.05) is 6.07 Å². The van der Waals surface area contributed by atoms with Crippen LogP contribution in [0.1, 0.15) is 22.0 Å². The summed E-state index contributed by atoms with van der Waals surface area (Å²) in [6.07, 6.45) is 1.61. The van der Waals surface area contributed by atoms with Gasteiger partial charge in [-0.2, -0.15) is 0 Å². The van der Waals surface area contributed by atoms with Crippen molar-refractivity contribution in [2.75, 3.05) is 12.4 Å². The molecule has 0 spiro atoms. The maximum Gasteiger partial charge on any atom is 0.337 e. The predicted octanol–water partition coefficient (Wildman–Crippen LogP) is 2.30. The van der Waals surface area contributed by atoms with Gasteiger partial charge in [-0.1, -0.05) is 0 Å². The fourth-order valence-electron chi connectivity index (χ4n) is 1.64. The zero-order chi connectivity index (χ0) is 13.8. The molecule has 2 aromatic rings. The number of hydrogen-bond acceptors (Lipinski definition) is 5. The smallest absolute Gasteiger partial charge is 0.337 e. The van der Waals surface area contributed by atoms with E-state index in [0.29, 0.717) is 29.6 Å². The van der Waals surface area contributed by atoms with E-state index in [2.05, 4.69) is 10.3 Å². The van der Waals surface area contributed by atoms with Crippen molar-refractivity contribution in [2.24, 2.45) is 0 Å². The number of carboxylic acids is 1. The number of methoxy groups -OCH3 is 1. The highest BCUT2D eigenvalue weighted by Crippen LogP contribution is 2.23. The number of aryl methyl sites for hydroxylation is 1. The third-order valence-corrected chi connectivity index (χ3v) is 2.56. The molecule has 0 radical (unpaired) electrons. The molecule has 0 saturated carbocycles. The molecule has 0 amide bonds. The lowest BCUT2D eigenvalue weighted by molar-refractivity contribution is 0.0698. The van der Waals surface area contributed by atoms with Gasteiger partial charge in [0.05, 0.1) is 31.1 Å². The number of ether oxygens (including phenoxy) is 1. The third-order valence-electron chi connectivity index (χ3n) is 2.56. The summed E-state index contributed by atoms with van der Waals surface area (Å²) in [4.78, 5) is 15.2. The van der Waals surface area contributed by atoms with Gasteiger partial charge >= 0.3 is 5.97 Å². The second-order valence-corrected chi connectivity index (χ2v) is 3.93. The lowest BCUT2D eigenvalue weighted by Gasteiger charge is -2.09. The zero-order valence-electron chi connectivity index (χ0n) is 10.6. The van der Waals surface area contributed by atoms with Crippen LogP contribution in [0.4, 0.5) is 5.69 Å². The molecule has 0 bridgehead atoms. The third kappa shape index (κ3) is 3.04. The summed E-state index contributed by atoms with van der Waals surface area (Å²) in [7, 11) is 1.52. The van der Waals surface area contributed by atoms with Gasteiger partial charge in [0.1, 0.15) is 11.5 Å². The Hall–Kier alpha value is -2.50. The van der Waals surface area contributed by atoms with Crippen molar-refractivity contribution in [1.82, 2.24) is 4.98 Å². The molecule has 6 nitrogen and oxygen atoms in total. The van der Waals surface area contributed by atoms with Crippen LogP contribution in [0.25, 0.3) is 0 Å². The van der Waals surface area contributed by atoms with E-state index in [0.717, 1.165) is 0 Å². The number of aromatic nitrogens is 1. The molecule has 2 N–H and O–H groups in total. The highest BCUT2D eigenvalue weighted by Gasteiger charge is 2.11. The number of carboxylic acid groups (broad SMARTS) is 1. The molecule has 0 saturated heterocycles. The fourth-order valence-corrected chi connectivity index (χ4v) is 1.64. The summed E-state index contributed by atoms with van der Waals surface area (Å²) >= 11 is 0. The van der Waals surface area contributed by atoms with E-state index >= 15 is 0 Å². The van der Waals surface area contributed by atoms with Crippen LogP contribution in [0.3, 0.4) is 0 Å². The molecule has 0 fully saturated rings. The molecule has 0 aliphatic heterocycles. The molecule has 1 aromatic carbocycles. The summed E-state index contributed by atoms with van der Waals surface area (Å²) in [5.74, 6) is 0.780. The maximum absolute atomic E-state index is 11.1. The monoisotopic (exact) mass is 262 g/mol. The molecule has 100 valence electrons. The van der Waals surface area contributed by atoms with Crippen LogP contribution >= 0.6 is 0 Å². The van der Waals surface area contributed by atoms with Crippen molar-refractivity contribution in [2.45, 2.75) is 13.5 Å². The van der Waals surface area contributed by atoms with Gasteiger partial charge in [0.15, 0.2) is 0 Å². The molecule has 1 heterocycles. The molecule has 2 rings (SSSR count). The highest BCUT2D eigenvalue weighted by molar-refractivity contribution is 5.94. The largest absolute Gasteiger partial charge is 0.497 e. The van der Waals surface area contributed by atoms with Gasteiger partial charge in [-0.25, -0.2) is 9.78 Å². The Morgan fingerprint density at radius 3 is 2.89 bits per heavy atom. The van der Waals surface area contributed by atoms with E-state index < -0.39 is 5.97 Å². The van der Waals surface area contributed by atoms with E-state index in [-0.39, 0.29) is 5.56 Å². The topological polar surface area (TPSA) is 84.6 Å². The first-order valence-electron chi connectivity index (χ1n) is 5.66. The normalized spacial score (nSPS) is 10.2. The van der Waals surface area contributed by atoms with Crippen LogP contribution in [0, 0.1) is 6.92 Å². The van der Waals surface area contributed by atoms with Crippen LogP contribution in [-0.2, 0) is 6.54 Å². The van der Waals surface area contributed by atoms with Crippen LogP contribution < -0.4 is 10.1 Å². The maximum atomic E-state index is 11.1. The van der Waals surface area contributed by atoms with Gasteiger partial charge in [-0.15, -0.1) is 0 Å². The average Bonchev–Trinajstić information content (AvgIpc) is 2.81. The summed E-state index contributed by atoms with van der Waals surface area (Å²) in [6, 6.07) is 4.72. The Morgan fingerprint density at radius 2 is 2.32 bits per heavy atom. The lowest BCUT2D eigenvalue weighted by Crippen LogP contribution is -2.06. The Balaban J connectivity index is 2.19. The van der Waals surface area contributed by atoms with E-state index in [9.17, 15) is 4.79 Å². The molecule has 0 aliphatic carbocycles. The number of carbonyl (C=O) groups is 1. The van der Waals surface area contributed by atoms with E-state index in [1.54, 1.807) is 25.3 Å². The first-order valence-corrected chi connectivity index (χ1v) is 5.66. The molecule has 6 heteroatoms. The predicted molar refractivity (Wildman–Crippen MR) is 68.5 cm³/mol.